The molecule has 2 aromatic carbocycles. The van der Waals surface area contributed by atoms with E-state index in [2.05, 4.69) is 17.0 Å². The highest BCUT2D eigenvalue weighted by molar-refractivity contribution is 5.92. The van der Waals surface area contributed by atoms with Gasteiger partial charge >= 0.3 is 5.97 Å². The van der Waals surface area contributed by atoms with Crippen molar-refractivity contribution < 1.29 is 27.4 Å². The molecule has 0 amide bonds. The van der Waals surface area contributed by atoms with Gasteiger partial charge in [0.05, 0.1) is 19.3 Å². The Kier molecular flexibility index (Phi) is 8.65. The number of hydrogen-bond acceptors (Lipinski definition) is 4. The number of nitrogens with zero attached hydrogens (tertiary/aromatic N) is 1. The normalized spacial score (nSPS) is 21.9. The zero-order valence-electron chi connectivity index (χ0n) is 22.7. The summed E-state index contributed by atoms with van der Waals surface area (Å²) in [5, 5.41) is 0. The van der Waals surface area contributed by atoms with E-state index in [0.717, 1.165) is 73.3 Å². The number of fused-ring (bicyclic) bond motifs is 1. The Balaban J connectivity index is 1.49. The Morgan fingerprint density at radius 2 is 1.90 bits per heavy atom. The monoisotopic (exact) mass is 541 g/mol. The van der Waals surface area contributed by atoms with Gasteiger partial charge in [0.15, 0.2) is 0 Å². The third-order valence-corrected chi connectivity index (χ3v) is 8.48. The molecule has 39 heavy (non-hydrogen) atoms. The van der Waals surface area contributed by atoms with Crippen LogP contribution in [0.15, 0.2) is 48.0 Å². The van der Waals surface area contributed by atoms with Crippen LogP contribution in [0.3, 0.4) is 0 Å². The number of halogens is 3. The highest BCUT2D eigenvalue weighted by Gasteiger charge is 2.37. The van der Waals surface area contributed by atoms with Crippen LogP contribution in [0.5, 0.6) is 5.75 Å². The molecule has 1 heterocycles. The number of hydrogen-bond donors (Lipinski definition) is 0. The largest absolute Gasteiger partial charge is 0.489 e. The minimum Gasteiger partial charge on any atom is -0.489 e. The minimum absolute atomic E-state index is 0.0536. The van der Waals surface area contributed by atoms with Gasteiger partial charge in [0.2, 0.25) is 5.92 Å². The van der Waals surface area contributed by atoms with E-state index in [9.17, 15) is 18.0 Å². The van der Waals surface area contributed by atoms with E-state index in [4.69, 9.17) is 9.47 Å². The Labute approximate surface area is 229 Å². The molecular formula is C32H38F3NO3. The number of aryl methyl sites for hydroxylation is 1. The number of benzene rings is 2. The van der Waals surface area contributed by atoms with E-state index in [1.54, 1.807) is 6.07 Å². The van der Waals surface area contributed by atoms with E-state index in [1.807, 2.05) is 24.3 Å². The first-order valence-electron chi connectivity index (χ1n) is 14.2. The molecule has 2 fully saturated rings. The summed E-state index contributed by atoms with van der Waals surface area (Å²) in [6.07, 6.45) is 4.85. The topological polar surface area (TPSA) is 38.8 Å². The average Bonchev–Trinajstić information content (AvgIpc) is 3.29. The Morgan fingerprint density at radius 1 is 1.08 bits per heavy atom. The third kappa shape index (κ3) is 6.51. The molecule has 4 nitrogen and oxygen atoms in total. The molecule has 1 saturated heterocycles. The van der Waals surface area contributed by atoms with Gasteiger partial charge in [-0.1, -0.05) is 23.8 Å². The summed E-state index contributed by atoms with van der Waals surface area (Å²) in [4.78, 5) is 14.5. The SMILES string of the molecule is COC(=O)c1ccc2c(c1)CCCC(C1CCC(F)(F)CC1)=C2c1cccc(O[C@@H]2CCN(CCCF)C2)c1. The first kappa shape index (κ1) is 27.8. The molecule has 0 bridgehead atoms. The summed E-state index contributed by atoms with van der Waals surface area (Å²) in [6.45, 7) is 2.13. The van der Waals surface area contributed by atoms with Crippen molar-refractivity contribution in [2.75, 3.05) is 33.4 Å². The number of carbonyl (C=O) groups excluding carboxylic acids is 1. The van der Waals surface area contributed by atoms with Gasteiger partial charge < -0.3 is 9.47 Å². The standard InChI is InChI=1S/C32H38F3NO3/c1-38-31(37)25-9-10-29-23(19-25)5-3-8-28(22-11-14-32(34,35)15-12-22)30(29)24-6-2-7-26(20-24)39-27-13-18-36(21-27)17-4-16-33/h2,6-7,9-10,19-20,22,27H,3-5,8,11-18,21H2,1H3/t27-/m1/s1. The Morgan fingerprint density at radius 3 is 2.67 bits per heavy atom. The van der Waals surface area contributed by atoms with Crippen molar-refractivity contribution in [1.29, 1.82) is 0 Å². The van der Waals surface area contributed by atoms with Gasteiger partial charge in [-0.05, 0) is 97.4 Å². The van der Waals surface area contributed by atoms with Crippen molar-refractivity contribution in [3.63, 3.8) is 0 Å². The lowest BCUT2D eigenvalue weighted by Crippen LogP contribution is -2.26. The van der Waals surface area contributed by atoms with Crippen molar-refractivity contribution in [1.82, 2.24) is 4.90 Å². The first-order chi connectivity index (χ1) is 18.9. The summed E-state index contributed by atoms with van der Waals surface area (Å²) in [5.74, 6) is -2.06. The maximum Gasteiger partial charge on any atom is 0.337 e. The average molecular weight is 542 g/mol. The molecule has 1 aliphatic heterocycles. The molecule has 0 aromatic heterocycles. The highest BCUT2D eigenvalue weighted by Crippen LogP contribution is 2.46. The lowest BCUT2D eigenvalue weighted by Gasteiger charge is -2.31. The molecule has 3 aliphatic rings. The van der Waals surface area contributed by atoms with Crippen molar-refractivity contribution in [3.8, 4) is 5.75 Å². The van der Waals surface area contributed by atoms with E-state index in [-0.39, 0.29) is 37.5 Å². The molecule has 0 radical (unpaired) electrons. The smallest absolute Gasteiger partial charge is 0.337 e. The number of likely N-dealkylation sites (tertiary alicyclic amines) is 1. The van der Waals surface area contributed by atoms with Crippen LogP contribution in [-0.4, -0.2) is 56.3 Å². The lowest BCUT2D eigenvalue weighted by molar-refractivity contribution is -0.0423. The van der Waals surface area contributed by atoms with E-state index in [1.165, 1.54) is 12.7 Å². The molecule has 1 saturated carbocycles. The van der Waals surface area contributed by atoms with Crippen LogP contribution < -0.4 is 4.74 Å². The summed E-state index contributed by atoms with van der Waals surface area (Å²) in [7, 11) is 1.38. The third-order valence-electron chi connectivity index (χ3n) is 8.48. The van der Waals surface area contributed by atoms with Crippen molar-refractivity contribution >= 4 is 11.5 Å². The molecule has 2 aliphatic carbocycles. The van der Waals surface area contributed by atoms with Crippen LogP contribution in [0.4, 0.5) is 13.2 Å². The van der Waals surface area contributed by atoms with E-state index in [0.29, 0.717) is 24.8 Å². The fourth-order valence-corrected chi connectivity index (χ4v) is 6.49. The zero-order valence-corrected chi connectivity index (χ0v) is 22.7. The number of alkyl halides is 3. The van der Waals surface area contributed by atoms with Crippen LogP contribution in [-0.2, 0) is 11.2 Å². The predicted molar refractivity (Wildman–Crippen MR) is 146 cm³/mol. The number of ether oxygens (including phenoxy) is 2. The molecule has 0 N–H and O–H groups in total. The Bertz CT molecular complexity index is 1200. The number of methoxy groups -OCH3 is 1. The van der Waals surface area contributed by atoms with Crippen molar-refractivity contribution in [3.05, 3.63) is 70.3 Å². The van der Waals surface area contributed by atoms with Gasteiger partial charge in [0.1, 0.15) is 11.9 Å². The maximum atomic E-state index is 14.1. The summed E-state index contributed by atoms with van der Waals surface area (Å²) in [5.41, 5.74) is 6.01. The molecule has 7 heteroatoms. The Hall–Kier alpha value is -2.80. The van der Waals surface area contributed by atoms with Crippen LogP contribution >= 0.6 is 0 Å². The molecule has 2 aromatic rings. The minimum atomic E-state index is -2.58. The fourth-order valence-electron chi connectivity index (χ4n) is 6.49. The second-order valence-corrected chi connectivity index (χ2v) is 11.1. The van der Waals surface area contributed by atoms with Gasteiger partial charge in [-0.3, -0.25) is 9.29 Å². The van der Waals surface area contributed by atoms with Gasteiger partial charge in [-0.2, -0.15) is 0 Å². The number of esters is 1. The molecule has 0 unspecified atom stereocenters. The summed E-state index contributed by atoms with van der Waals surface area (Å²) in [6, 6.07) is 13.8. The number of allylic oxidation sites excluding steroid dienone is 1. The van der Waals surface area contributed by atoms with Gasteiger partial charge in [-0.15, -0.1) is 0 Å². The first-order valence-corrected chi connectivity index (χ1v) is 14.2. The second kappa shape index (κ2) is 12.2. The maximum absolute atomic E-state index is 14.1. The molecule has 210 valence electrons. The zero-order chi connectivity index (χ0) is 27.4. The van der Waals surface area contributed by atoms with E-state index < -0.39 is 5.92 Å². The summed E-state index contributed by atoms with van der Waals surface area (Å²) >= 11 is 0. The lowest BCUT2D eigenvalue weighted by atomic mass is 9.77. The van der Waals surface area contributed by atoms with Gasteiger partial charge in [0, 0.05) is 32.5 Å². The summed E-state index contributed by atoms with van der Waals surface area (Å²) < 4.78 is 52.1. The molecule has 1 atom stereocenters. The fraction of sp³-hybridized carbons (Fsp3) is 0.531. The number of rotatable bonds is 8. The predicted octanol–water partition coefficient (Wildman–Crippen LogP) is 7.25. The molecular weight excluding hydrogens is 503 g/mol. The highest BCUT2D eigenvalue weighted by atomic mass is 19.3. The van der Waals surface area contributed by atoms with Gasteiger partial charge in [0.25, 0.3) is 0 Å². The van der Waals surface area contributed by atoms with E-state index >= 15 is 0 Å². The van der Waals surface area contributed by atoms with Crippen LogP contribution in [0.1, 0.15) is 78.4 Å². The van der Waals surface area contributed by atoms with Crippen molar-refractivity contribution in [2.24, 2.45) is 5.92 Å². The van der Waals surface area contributed by atoms with Crippen molar-refractivity contribution in [2.45, 2.75) is 69.8 Å². The van der Waals surface area contributed by atoms with Gasteiger partial charge in [-0.25, -0.2) is 13.6 Å². The van der Waals surface area contributed by atoms with Crippen LogP contribution in [0.2, 0.25) is 0 Å². The quantitative estimate of drug-likeness (QED) is 0.330. The molecule has 5 rings (SSSR count). The molecule has 0 spiro atoms. The second-order valence-electron chi connectivity index (χ2n) is 11.1. The number of carbonyl (C=O) groups is 1. The van der Waals surface area contributed by atoms with Crippen LogP contribution in [0.25, 0.3) is 5.57 Å². The van der Waals surface area contributed by atoms with Crippen LogP contribution in [0, 0.1) is 5.92 Å².